The Morgan fingerprint density at radius 1 is 1.41 bits per heavy atom. The van der Waals surface area contributed by atoms with Crippen molar-refractivity contribution in [3.8, 4) is 0 Å². The molecule has 1 spiro atoms. The van der Waals surface area contributed by atoms with Crippen LogP contribution in [-0.4, -0.2) is 48.4 Å². The zero-order valence-electron chi connectivity index (χ0n) is 15.5. The molecular weight excluding hydrogens is 359 g/mol. The fourth-order valence-corrected chi connectivity index (χ4v) is 4.25. The minimum absolute atomic E-state index is 0.0551. The summed E-state index contributed by atoms with van der Waals surface area (Å²) in [7, 11) is 0. The fourth-order valence-electron chi connectivity index (χ4n) is 4.25. The number of ether oxygens (including phenoxy) is 1. The second kappa shape index (κ2) is 8.04. The molecular formula is C19H26F3N3O2. The van der Waals surface area contributed by atoms with Gasteiger partial charge in [0.05, 0.1) is 18.2 Å². The molecule has 1 aromatic rings. The molecule has 3 rings (SSSR count). The number of likely N-dealkylation sites (tertiary alicyclic amines) is 1. The normalized spacial score (nSPS) is 22.7. The number of hydrogen-bond donors (Lipinski definition) is 1. The summed E-state index contributed by atoms with van der Waals surface area (Å²) in [5.41, 5.74) is 0.932. The highest BCUT2D eigenvalue weighted by Crippen LogP contribution is 2.50. The number of carbonyl (C=O) groups excluding carboxylic acids is 1. The van der Waals surface area contributed by atoms with Gasteiger partial charge in [-0.3, -0.25) is 4.98 Å². The molecule has 27 heavy (non-hydrogen) atoms. The summed E-state index contributed by atoms with van der Waals surface area (Å²) in [4.78, 5) is 18.3. The van der Waals surface area contributed by atoms with Crippen LogP contribution in [0.15, 0.2) is 18.3 Å². The molecule has 0 radical (unpaired) electrons. The van der Waals surface area contributed by atoms with Gasteiger partial charge in [-0.25, -0.2) is 4.79 Å². The van der Waals surface area contributed by atoms with Crippen molar-refractivity contribution in [3.63, 3.8) is 0 Å². The summed E-state index contributed by atoms with van der Waals surface area (Å²) in [5.74, 6) is -1.37. The minimum Gasteiger partial charge on any atom is -0.381 e. The number of nitrogens with zero attached hydrogens (tertiary/aromatic N) is 2. The quantitative estimate of drug-likeness (QED) is 0.866. The molecule has 2 saturated heterocycles. The maximum absolute atomic E-state index is 13.6. The van der Waals surface area contributed by atoms with E-state index in [9.17, 15) is 18.0 Å². The van der Waals surface area contributed by atoms with Gasteiger partial charge in [0.15, 0.2) is 0 Å². The lowest BCUT2D eigenvalue weighted by Gasteiger charge is -2.50. The molecule has 8 heteroatoms. The van der Waals surface area contributed by atoms with Crippen molar-refractivity contribution in [3.05, 3.63) is 29.6 Å². The number of amides is 2. The van der Waals surface area contributed by atoms with Crippen LogP contribution in [0.4, 0.5) is 18.0 Å². The van der Waals surface area contributed by atoms with Gasteiger partial charge in [-0.1, -0.05) is 6.92 Å². The Balaban J connectivity index is 1.65. The second-order valence-corrected chi connectivity index (χ2v) is 7.45. The van der Waals surface area contributed by atoms with Gasteiger partial charge in [-0.15, -0.1) is 0 Å². The Labute approximate surface area is 157 Å². The number of piperidine rings is 1. The van der Waals surface area contributed by atoms with E-state index in [1.54, 1.807) is 6.20 Å². The molecule has 0 saturated carbocycles. The first-order chi connectivity index (χ1) is 12.8. The molecule has 150 valence electrons. The molecule has 0 aliphatic carbocycles. The highest BCUT2D eigenvalue weighted by atomic mass is 19.4. The minimum atomic E-state index is -4.25. The van der Waals surface area contributed by atoms with Crippen molar-refractivity contribution in [2.75, 3.05) is 26.3 Å². The number of alkyl halides is 3. The highest BCUT2D eigenvalue weighted by molar-refractivity contribution is 5.74. The summed E-state index contributed by atoms with van der Waals surface area (Å²) >= 11 is 0. The number of halogens is 3. The Hall–Kier alpha value is -1.83. The summed E-state index contributed by atoms with van der Waals surface area (Å²) in [6.07, 6.45) is -1.06. The number of pyridine rings is 1. The zero-order valence-corrected chi connectivity index (χ0v) is 15.5. The van der Waals surface area contributed by atoms with Crippen molar-refractivity contribution in [2.45, 2.75) is 45.3 Å². The molecule has 1 unspecified atom stereocenters. The number of rotatable bonds is 3. The maximum Gasteiger partial charge on any atom is 0.392 e. The van der Waals surface area contributed by atoms with E-state index in [1.807, 2.05) is 19.1 Å². The number of aryl methyl sites for hydroxylation is 1. The third kappa shape index (κ3) is 4.54. The standard InChI is InChI=1S/C19H26F3N3O2/c1-2-14-3-7-23-15(11-14)12-24-17(26)25-8-4-16(19(20,21)22)18(13-25)5-9-27-10-6-18/h3,7,11,16H,2,4-6,8-10,12-13H2,1H3,(H,24,26). The largest absolute Gasteiger partial charge is 0.392 e. The Morgan fingerprint density at radius 3 is 2.81 bits per heavy atom. The third-order valence-corrected chi connectivity index (χ3v) is 5.81. The Morgan fingerprint density at radius 2 is 2.15 bits per heavy atom. The molecule has 1 N–H and O–H groups in total. The topological polar surface area (TPSA) is 54.5 Å². The van der Waals surface area contributed by atoms with E-state index >= 15 is 0 Å². The molecule has 0 bridgehead atoms. The molecule has 2 fully saturated rings. The van der Waals surface area contributed by atoms with Gasteiger partial charge in [0.2, 0.25) is 0 Å². The van der Waals surface area contributed by atoms with Gasteiger partial charge in [0, 0.05) is 37.9 Å². The number of urea groups is 1. The monoisotopic (exact) mass is 385 g/mol. The van der Waals surface area contributed by atoms with Crippen LogP contribution in [-0.2, 0) is 17.7 Å². The van der Waals surface area contributed by atoms with E-state index in [-0.39, 0.29) is 32.1 Å². The molecule has 2 aliphatic rings. The molecule has 1 aromatic heterocycles. The maximum atomic E-state index is 13.6. The van der Waals surface area contributed by atoms with E-state index < -0.39 is 17.5 Å². The van der Waals surface area contributed by atoms with E-state index in [1.165, 1.54) is 4.90 Å². The summed E-state index contributed by atoms with van der Waals surface area (Å²) in [5, 5.41) is 2.81. The van der Waals surface area contributed by atoms with Crippen LogP contribution >= 0.6 is 0 Å². The van der Waals surface area contributed by atoms with Gasteiger partial charge in [0.25, 0.3) is 0 Å². The predicted molar refractivity (Wildman–Crippen MR) is 94.1 cm³/mol. The van der Waals surface area contributed by atoms with Gasteiger partial charge in [0.1, 0.15) is 0 Å². The number of aromatic nitrogens is 1. The number of carbonyl (C=O) groups is 1. The lowest BCUT2D eigenvalue weighted by atomic mass is 9.66. The molecule has 3 heterocycles. The van der Waals surface area contributed by atoms with Gasteiger partial charge in [-0.2, -0.15) is 13.2 Å². The first-order valence-corrected chi connectivity index (χ1v) is 9.45. The Bertz CT molecular complexity index is 660. The average Bonchev–Trinajstić information content (AvgIpc) is 2.65. The first-order valence-electron chi connectivity index (χ1n) is 9.45. The number of hydrogen-bond acceptors (Lipinski definition) is 3. The van der Waals surface area contributed by atoms with Crippen LogP contribution in [0.5, 0.6) is 0 Å². The lowest BCUT2D eigenvalue weighted by molar-refractivity contribution is -0.232. The molecule has 2 amide bonds. The molecule has 2 aliphatic heterocycles. The summed E-state index contributed by atoms with van der Waals surface area (Å²) < 4.78 is 46.0. The zero-order chi connectivity index (χ0) is 19.5. The molecule has 5 nitrogen and oxygen atoms in total. The van der Waals surface area contributed by atoms with Crippen molar-refractivity contribution in [1.82, 2.24) is 15.2 Å². The first kappa shape index (κ1) is 19.9. The van der Waals surface area contributed by atoms with Crippen LogP contribution in [0.2, 0.25) is 0 Å². The average molecular weight is 385 g/mol. The summed E-state index contributed by atoms with van der Waals surface area (Å²) in [6.45, 7) is 3.17. The highest BCUT2D eigenvalue weighted by Gasteiger charge is 2.56. The number of nitrogens with one attached hydrogen (secondary N) is 1. The summed E-state index contributed by atoms with van der Waals surface area (Å²) in [6, 6.07) is 3.52. The van der Waals surface area contributed by atoms with Gasteiger partial charge >= 0.3 is 12.2 Å². The van der Waals surface area contributed by atoms with Crippen molar-refractivity contribution in [2.24, 2.45) is 11.3 Å². The Kier molecular flexibility index (Phi) is 5.93. The SMILES string of the molecule is CCc1ccnc(CNC(=O)N2CCC(C(F)(F)F)C3(CCOCC3)C2)c1. The lowest BCUT2D eigenvalue weighted by Crippen LogP contribution is -2.58. The van der Waals surface area contributed by atoms with Crippen molar-refractivity contribution in [1.29, 1.82) is 0 Å². The molecule has 0 aromatic carbocycles. The van der Waals surface area contributed by atoms with E-state index in [2.05, 4.69) is 10.3 Å². The predicted octanol–water partition coefficient (Wildman–Crippen LogP) is 3.53. The van der Waals surface area contributed by atoms with Crippen LogP contribution in [0.1, 0.15) is 37.4 Å². The fraction of sp³-hybridized carbons (Fsp3) is 0.684. The van der Waals surface area contributed by atoms with Crippen molar-refractivity contribution >= 4 is 6.03 Å². The van der Waals surface area contributed by atoms with Gasteiger partial charge in [-0.05, 0) is 43.4 Å². The van der Waals surface area contributed by atoms with Crippen LogP contribution in [0, 0.1) is 11.3 Å². The van der Waals surface area contributed by atoms with E-state index in [0.717, 1.165) is 17.7 Å². The molecule has 1 atom stereocenters. The smallest absolute Gasteiger partial charge is 0.381 e. The van der Waals surface area contributed by atoms with Crippen LogP contribution in [0.3, 0.4) is 0 Å². The third-order valence-electron chi connectivity index (χ3n) is 5.81. The van der Waals surface area contributed by atoms with Crippen molar-refractivity contribution < 1.29 is 22.7 Å². The second-order valence-electron chi connectivity index (χ2n) is 7.45. The van der Waals surface area contributed by atoms with E-state index in [4.69, 9.17) is 4.74 Å². The van der Waals surface area contributed by atoms with Crippen LogP contribution in [0.25, 0.3) is 0 Å². The van der Waals surface area contributed by atoms with Crippen LogP contribution < -0.4 is 5.32 Å². The van der Waals surface area contributed by atoms with Gasteiger partial charge < -0.3 is 15.0 Å². The van der Waals surface area contributed by atoms with E-state index in [0.29, 0.717) is 26.1 Å².